The van der Waals surface area contributed by atoms with Crippen LogP contribution in [-0.4, -0.2) is 42.4 Å². The summed E-state index contributed by atoms with van der Waals surface area (Å²) in [5.74, 6) is -0.0621. The van der Waals surface area contributed by atoms with Gasteiger partial charge >= 0.3 is 0 Å². The Labute approximate surface area is 90.0 Å². The largest absolute Gasteiger partial charge is 0.385 e. The summed E-state index contributed by atoms with van der Waals surface area (Å²) < 4.78 is 5.26. The SMILES string of the molecule is CC1OCCC1(O)CNC(=O)CCCN. The summed E-state index contributed by atoms with van der Waals surface area (Å²) in [6, 6.07) is 0. The maximum absolute atomic E-state index is 11.3. The van der Waals surface area contributed by atoms with Gasteiger partial charge in [0.05, 0.1) is 6.10 Å². The minimum atomic E-state index is -0.904. The topological polar surface area (TPSA) is 84.6 Å². The van der Waals surface area contributed by atoms with E-state index >= 15 is 0 Å². The maximum Gasteiger partial charge on any atom is 0.220 e. The lowest BCUT2D eigenvalue weighted by Crippen LogP contribution is -2.47. The Bertz CT molecular complexity index is 223. The summed E-state index contributed by atoms with van der Waals surface area (Å²) in [6.45, 7) is 3.14. The number of carbonyl (C=O) groups excluding carboxylic acids is 1. The molecular weight excluding hydrogens is 196 g/mol. The lowest BCUT2D eigenvalue weighted by molar-refractivity contribution is -0.123. The van der Waals surface area contributed by atoms with Crippen molar-refractivity contribution < 1.29 is 14.6 Å². The van der Waals surface area contributed by atoms with Crippen molar-refractivity contribution in [2.45, 2.75) is 37.9 Å². The average Bonchev–Trinajstić information content (AvgIpc) is 2.54. The van der Waals surface area contributed by atoms with Crippen molar-refractivity contribution >= 4 is 5.91 Å². The van der Waals surface area contributed by atoms with Crippen LogP contribution in [0, 0.1) is 0 Å². The zero-order chi connectivity index (χ0) is 11.3. The van der Waals surface area contributed by atoms with E-state index in [0.717, 1.165) is 0 Å². The molecule has 1 aliphatic rings. The third-order valence-electron chi connectivity index (χ3n) is 2.86. The van der Waals surface area contributed by atoms with Gasteiger partial charge in [0.1, 0.15) is 5.60 Å². The smallest absolute Gasteiger partial charge is 0.220 e. The first kappa shape index (κ1) is 12.4. The quantitative estimate of drug-likeness (QED) is 0.572. The normalized spacial score (nSPS) is 30.5. The molecule has 1 rings (SSSR count). The molecule has 1 amide bonds. The Hall–Kier alpha value is -0.650. The number of hydrogen-bond donors (Lipinski definition) is 3. The molecule has 1 aliphatic heterocycles. The van der Waals surface area contributed by atoms with E-state index in [1.54, 1.807) is 0 Å². The molecule has 0 spiro atoms. The first-order chi connectivity index (χ1) is 7.08. The van der Waals surface area contributed by atoms with Gasteiger partial charge in [0, 0.05) is 26.0 Å². The number of rotatable bonds is 5. The van der Waals surface area contributed by atoms with Crippen LogP contribution < -0.4 is 11.1 Å². The monoisotopic (exact) mass is 216 g/mol. The second kappa shape index (κ2) is 5.44. The Morgan fingerprint density at radius 2 is 2.47 bits per heavy atom. The summed E-state index contributed by atoms with van der Waals surface area (Å²) >= 11 is 0. The number of nitrogens with one attached hydrogen (secondary N) is 1. The van der Waals surface area contributed by atoms with Gasteiger partial charge in [0.2, 0.25) is 5.91 Å². The molecule has 0 bridgehead atoms. The number of carbonyl (C=O) groups is 1. The van der Waals surface area contributed by atoms with Crippen molar-refractivity contribution in [1.82, 2.24) is 5.32 Å². The molecule has 15 heavy (non-hydrogen) atoms. The molecule has 1 saturated heterocycles. The van der Waals surface area contributed by atoms with Gasteiger partial charge in [-0.15, -0.1) is 0 Å². The molecule has 2 atom stereocenters. The fraction of sp³-hybridized carbons (Fsp3) is 0.900. The van der Waals surface area contributed by atoms with E-state index < -0.39 is 5.60 Å². The molecule has 2 unspecified atom stereocenters. The Morgan fingerprint density at radius 3 is 3.00 bits per heavy atom. The Balaban J connectivity index is 2.26. The number of amides is 1. The first-order valence-corrected chi connectivity index (χ1v) is 5.39. The van der Waals surface area contributed by atoms with Crippen molar-refractivity contribution in [3.63, 3.8) is 0 Å². The van der Waals surface area contributed by atoms with Gasteiger partial charge in [0.25, 0.3) is 0 Å². The van der Waals surface area contributed by atoms with Crippen molar-refractivity contribution in [3.8, 4) is 0 Å². The van der Waals surface area contributed by atoms with Crippen LogP contribution in [0.3, 0.4) is 0 Å². The summed E-state index contributed by atoms with van der Waals surface area (Å²) in [5, 5.41) is 12.8. The van der Waals surface area contributed by atoms with Gasteiger partial charge < -0.3 is 20.9 Å². The van der Waals surface area contributed by atoms with Gasteiger partial charge in [-0.25, -0.2) is 0 Å². The maximum atomic E-state index is 11.3. The second-order valence-electron chi connectivity index (χ2n) is 4.04. The van der Waals surface area contributed by atoms with Gasteiger partial charge in [-0.1, -0.05) is 0 Å². The first-order valence-electron chi connectivity index (χ1n) is 5.39. The van der Waals surface area contributed by atoms with E-state index in [2.05, 4.69) is 5.32 Å². The Kier molecular flexibility index (Phi) is 4.50. The molecule has 0 aliphatic carbocycles. The van der Waals surface area contributed by atoms with Crippen LogP contribution >= 0.6 is 0 Å². The van der Waals surface area contributed by atoms with Crippen molar-refractivity contribution in [1.29, 1.82) is 0 Å². The highest BCUT2D eigenvalue weighted by Crippen LogP contribution is 2.24. The van der Waals surface area contributed by atoms with Crippen molar-refractivity contribution in [2.24, 2.45) is 5.73 Å². The van der Waals surface area contributed by atoms with Crippen LogP contribution in [0.4, 0.5) is 0 Å². The summed E-state index contributed by atoms with van der Waals surface area (Å²) in [4.78, 5) is 11.3. The van der Waals surface area contributed by atoms with E-state index in [1.807, 2.05) is 6.92 Å². The molecule has 4 N–H and O–H groups in total. The number of hydrogen-bond acceptors (Lipinski definition) is 4. The van der Waals surface area contributed by atoms with Crippen molar-refractivity contribution in [2.75, 3.05) is 19.7 Å². The molecule has 0 radical (unpaired) electrons. The summed E-state index contributed by atoms with van der Waals surface area (Å²) in [6.07, 6.45) is 1.45. The van der Waals surface area contributed by atoms with Crippen molar-refractivity contribution in [3.05, 3.63) is 0 Å². The van der Waals surface area contributed by atoms with E-state index in [9.17, 15) is 9.90 Å². The van der Waals surface area contributed by atoms with Gasteiger partial charge in [-0.05, 0) is 19.9 Å². The van der Waals surface area contributed by atoms with Gasteiger partial charge in [0.15, 0.2) is 0 Å². The minimum absolute atomic E-state index is 0.0621. The van der Waals surface area contributed by atoms with Crippen LogP contribution in [0.1, 0.15) is 26.2 Å². The molecule has 0 aromatic rings. The van der Waals surface area contributed by atoms with Gasteiger partial charge in [-0.3, -0.25) is 4.79 Å². The molecule has 0 aromatic carbocycles. The number of aliphatic hydroxyl groups is 1. The fourth-order valence-corrected chi connectivity index (χ4v) is 1.61. The average molecular weight is 216 g/mol. The lowest BCUT2D eigenvalue weighted by Gasteiger charge is -2.26. The predicted octanol–water partition coefficient (Wildman–Crippen LogP) is -0.619. The van der Waals surface area contributed by atoms with Crippen LogP contribution in [0.5, 0.6) is 0 Å². The van der Waals surface area contributed by atoms with E-state index in [-0.39, 0.29) is 18.6 Å². The summed E-state index contributed by atoms with van der Waals surface area (Å²) in [5.41, 5.74) is 4.39. The molecule has 1 heterocycles. The van der Waals surface area contributed by atoms with E-state index in [1.165, 1.54) is 0 Å². The molecule has 88 valence electrons. The fourth-order valence-electron chi connectivity index (χ4n) is 1.61. The molecular formula is C10H20N2O3. The zero-order valence-corrected chi connectivity index (χ0v) is 9.16. The number of ether oxygens (including phenoxy) is 1. The molecule has 0 saturated carbocycles. The highest BCUT2D eigenvalue weighted by Gasteiger charge is 2.39. The van der Waals surface area contributed by atoms with Crippen LogP contribution in [0.25, 0.3) is 0 Å². The number of nitrogens with two attached hydrogens (primary N) is 1. The standard InChI is InChI=1S/C10H20N2O3/c1-8-10(14,4-6-15-8)7-12-9(13)3-2-5-11/h8,14H,2-7,11H2,1H3,(H,12,13). The minimum Gasteiger partial charge on any atom is -0.385 e. The Morgan fingerprint density at radius 1 is 1.73 bits per heavy atom. The second-order valence-corrected chi connectivity index (χ2v) is 4.04. The van der Waals surface area contributed by atoms with Crippen LogP contribution in [0.2, 0.25) is 0 Å². The molecule has 0 aromatic heterocycles. The lowest BCUT2D eigenvalue weighted by atomic mass is 9.97. The molecule has 5 heteroatoms. The third kappa shape index (κ3) is 3.44. The van der Waals surface area contributed by atoms with Gasteiger partial charge in [-0.2, -0.15) is 0 Å². The predicted molar refractivity (Wildman–Crippen MR) is 56.3 cm³/mol. The zero-order valence-electron chi connectivity index (χ0n) is 9.16. The summed E-state index contributed by atoms with van der Waals surface area (Å²) in [7, 11) is 0. The molecule has 1 fully saturated rings. The van der Waals surface area contributed by atoms with Crippen LogP contribution in [-0.2, 0) is 9.53 Å². The van der Waals surface area contributed by atoms with E-state index in [0.29, 0.717) is 32.4 Å². The molecule has 5 nitrogen and oxygen atoms in total. The van der Waals surface area contributed by atoms with Crippen LogP contribution in [0.15, 0.2) is 0 Å². The third-order valence-corrected chi connectivity index (χ3v) is 2.86. The van der Waals surface area contributed by atoms with E-state index in [4.69, 9.17) is 10.5 Å². The highest BCUT2D eigenvalue weighted by atomic mass is 16.5. The highest BCUT2D eigenvalue weighted by molar-refractivity contribution is 5.75.